The van der Waals surface area contributed by atoms with Gasteiger partial charge < -0.3 is 5.32 Å². The van der Waals surface area contributed by atoms with Crippen LogP contribution in [0.1, 0.15) is 20.8 Å². The van der Waals surface area contributed by atoms with Gasteiger partial charge in [0.1, 0.15) is 0 Å². The SMILES string of the molecule is Cc1c(C(=O)Nc2cccc(NS(=O)(=O)c3ccc(Cl)cc3)c2)sc2ccc(C(F)(F)F)cc12. The average molecular weight is 525 g/mol. The second-order valence-corrected chi connectivity index (χ2v) is 10.5. The number of anilines is 2. The summed E-state index contributed by atoms with van der Waals surface area (Å²) in [6.07, 6.45) is -4.48. The lowest BCUT2D eigenvalue weighted by Crippen LogP contribution is -2.14. The van der Waals surface area contributed by atoms with Crippen LogP contribution in [0.25, 0.3) is 10.1 Å². The number of sulfonamides is 1. The summed E-state index contributed by atoms with van der Waals surface area (Å²) in [5.41, 5.74) is 0.182. The molecule has 0 aliphatic heterocycles. The summed E-state index contributed by atoms with van der Waals surface area (Å²) in [6.45, 7) is 1.59. The standard InChI is InChI=1S/C23H16ClF3N2O3S2/c1-13-19-11-14(23(25,26)27)5-10-20(19)33-21(13)22(30)28-16-3-2-4-17(12-16)29-34(31,32)18-8-6-15(24)7-9-18/h2-12,29H,1H3,(H,28,30). The molecule has 4 rings (SSSR count). The van der Waals surface area contributed by atoms with E-state index < -0.39 is 27.7 Å². The number of carbonyl (C=O) groups is 1. The maximum absolute atomic E-state index is 13.1. The lowest BCUT2D eigenvalue weighted by atomic mass is 10.1. The highest BCUT2D eigenvalue weighted by Gasteiger charge is 2.31. The number of amides is 1. The Morgan fingerprint density at radius 1 is 0.971 bits per heavy atom. The lowest BCUT2D eigenvalue weighted by Gasteiger charge is -2.10. The van der Waals surface area contributed by atoms with Crippen LogP contribution in [0.15, 0.2) is 71.6 Å². The number of carbonyl (C=O) groups excluding carboxylic acids is 1. The summed E-state index contributed by atoms with van der Waals surface area (Å²) in [7, 11) is -3.88. The molecule has 11 heteroatoms. The maximum atomic E-state index is 13.1. The fraction of sp³-hybridized carbons (Fsp3) is 0.0870. The third kappa shape index (κ3) is 5.03. The molecule has 0 atom stereocenters. The first-order chi connectivity index (χ1) is 15.9. The van der Waals surface area contributed by atoms with Gasteiger partial charge in [-0.05, 0) is 78.5 Å². The molecular formula is C23H16ClF3N2O3S2. The van der Waals surface area contributed by atoms with Crippen molar-refractivity contribution in [2.24, 2.45) is 0 Å². The van der Waals surface area contributed by atoms with Gasteiger partial charge in [-0.2, -0.15) is 13.2 Å². The fourth-order valence-corrected chi connectivity index (χ4v) is 5.55. The van der Waals surface area contributed by atoms with Crippen molar-refractivity contribution in [1.29, 1.82) is 0 Å². The average Bonchev–Trinajstić information content (AvgIpc) is 3.09. The van der Waals surface area contributed by atoms with E-state index in [-0.39, 0.29) is 15.5 Å². The molecule has 1 heterocycles. The molecule has 0 spiro atoms. The highest BCUT2D eigenvalue weighted by Crippen LogP contribution is 2.37. The predicted octanol–water partition coefficient (Wildman–Crippen LogP) is 6.94. The van der Waals surface area contributed by atoms with Crippen LogP contribution in [0.5, 0.6) is 0 Å². The molecule has 0 fully saturated rings. The van der Waals surface area contributed by atoms with Crippen LogP contribution < -0.4 is 10.0 Å². The topological polar surface area (TPSA) is 75.3 Å². The van der Waals surface area contributed by atoms with Crippen molar-refractivity contribution in [2.75, 3.05) is 10.0 Å². The molecule has 176 valence electrons. The minimum absolute atomic E-state index is 0.0189. The molecule has 0 unspecified atom stereocenters. The summed E-state index contributed by atoms with van der Waals surface area (Å²) in [6, 6.07) is 15.1. The van der Waals surface area contributed by atoms with E-state index in [1.807, 2.05) is 0 Å². The summed E-state index contributed by atoms with van der Waals surface area (Å²) >= 11 is 6.88. The van der Waals surface area contributed by atoms with Gasteiger partial charge in [-0.15, -0.1) is 11.3 Å². The Balaban J connectivity index is 1.56. The molecule has 0 radical (unpaired) electrons. The summed E-state index contributed by atoms with van der Waals surface area (Å²) in [5, 5.41) is 3.43. The largest absolute Gasteiger partial charge is 0.416 e. The Hall–Kier alpha value is -3.08. The minimum Gasteiger partial charge on any atom is -0.321 e. The van der Waals surface area contributed by atoms with Crippen molar-refractivity contribution in [1.82, 2.24) is 0 Å². The van der Waals surface area contributed by atoms with Gasteiger partial charge >= 0.3 is 6.18 Å². The number of rotatable bonds is 5. The molecule has 3 aromatic carbocycles. The van der Waals surface area contributed by atoms with Gasteiger partial charge in [0.2, 0.25) is 0 Å². The fourth-order valence-electron chi connectivity index (χ4n) is 3.29. The first kappa shape index (κ1) is 24.1. The van der Waals surface area contributed by atoms with E-state index in [1.54, 1.807) is 19.1 Å². The van der Waals surface area contributed by atoms with Crippen LogP contribution >= 0.6 is 22.9 Å². The number of hydrogen-bond acceptors (Lipinski definition) is 4. The second-order valence-electron chi connectivity index (χ2n) is 7.36. The third-order valence-corrected chi connectivity index (χ3v) is 7.89. The zero-order valence-electron chi connectivity index (χ0n) is 17.4. The van der Waals surface area contributed by atoms with Gasteiger partial charge in [0.25, 0.3) is 15.9 Å². The molecule has 2 N–H and O–H groups in total. The molecule has 1 amide bonds. The maximum Gasteiger partial charge on any atom is 0.416 e. The Morgan fingerprint density at radius 2 is 1.65 bits per heavy atom. The molecule has 0 aliphatic carbocycles. The van der Waals surface area contributed by atoms with E-state index in [2.05, 4.69) is 10.0 Å². The number of alkyl halides is 3. The third-order valence-electron chi connectivity index (χ3n) is 4.97. The van der Waals surface area contributed by atoms with E-state index in [4.69, 9.17) is 11.6 Å². The van der Waals surface area contributed by atoms with Crippen LogP contribution in [0.3, 0.4) is 0 Å². The van der Waals surface area contributed by atoms with Gasteiger partial charge in [0, 0.05) is 15.4 Å². The Kier molecular flexibility index (Phi) is 6.32. The van der Waals surface area contributed by atoms with Crippen molar-refractivity contribution < 1.29 is 26.4 Å². The number of hydrogen-bond donors (Lipinski definition) is 2. The van der Waals surface area contributed by atoms with E-state index in [1.165, 1.54) is 42.5 Å². The molecule has 5 nitrogen and oxygen atoms in total. The van der Waals surface area contributed by atoms with Crippen molar-refractivity contribution in [3.05, 3.63) is 87.8 Å². The Bertz CT molecular complexity index is 1500. The lowest BCUT2D eigenvalue weighted by molar-refractivity contribution is -0.137. The first-order valence-corrected chi connectivity index (χ1v) is 12.4. The monoisotopic (exact) mass is 524 g/mol. The Morgan fingerprint density at radius 3 is 2.32 bits per heavy atom. The van der Waals surface area contributed by atoms with Crippen molar-refractivity contribution in [3.8, 4) is 0 Å². The molecule has 0 aliphatic rings. The van der Waals surface area contributed by atoms with Gasteiger partial charge in [0.15, 0.2) is 0 Å². The van der Waals surface area contributed by atoms with E-state index >= 15 is 0 Å². The van der Waals surface area contributed by atoms with Crippen molar-refractivity contribution in [3.63, 3.8) is 0 Å². The quantitative estimate of drug-likeness (QED) is 0.297. The predicted molar refractivity (Wildman–Crippen MR) is 128 cm³/mol. The molecule has 0 saturated heterocycles. The first-order valence-electron chi connectivity index (χ1n) is 9.74. The molecule has 4 aromatic rings. The molecule has 0 bridgehead atoms. The normalized spacial score (nSPS) is 12.0. The van der Waals surface area contributed by atoms with Crippen LogP contribution in [-0.2, 0) is 16.2 Å². The minimum atomic E-state index is -4.48. The second kappa shape index (κ2) is 8.94. The van der Waals surface area contributed by atoms with Crippen molar-refractivity contribution in [2.45, 2.75) is 18.0 Å². The highest BCUT2D eigenvalue weighted by atomic mass is 35.5. The van der Waals surface area contributed by atoms with Crippen LogP contribution in [0, 0.1) is 6.92 Å². The van der Waals surface area contributed by atoms with Gasteiger partial charge in [-0.3, -0.25) is 9.52 Å². The Labute approximate surface area is 202 Å². The smallest absolute Gasteiger partial charge is 0.321 e. The molecular weight excluding hydrogens is 509 g/mol. The van der Waals surface area contributed by atoms with Gasteiger partial charge in [-0.1, -0.05) is 17.7 Å². The summed E-state index contributed by atoms with van der Waals surface area (Å²) in [4.78, 5) is 13.1. The number of aryl methyl sites for hydroxylation is 1. The number of benzene rings is 3. The number of halogens is 4. The molecule has 34 heavy (non-hydrogen) atoms. The zero-order chi connectivity index (χ0) is 24.7. The summed E-state index contributed by atoms with van der Waals surface area (Å²) in [5.74, 6) is -0.509. The summed E-state index contributed by atoms with van der Waals surface area (Å²) < 4.78 is 67.3. The number of fused-ring (bicyclic) bond motifs is 1. The molecule has 1 aromatic heterocycles. The van der Waals surface area contributed by atoms with E-state index in [9.17, 15) is 26.4 Å². The van der Waals surface area contributed by atoms with Crippen molar-refractivity contribution >= 4 is 60.3 Å². The van der Waals surface area contributed by atoms with Gasteiger partial charge in [-0.25, -0.2) is 8.42 Å². The van der Waals surface area contributed by atoms with Crippen LogP contribution in [0.2, 0.25) is 5.02 Å². The van der Waals surface area contributed by atoms with E-state index in [0.717, 1.165) is 23.5 Å². The number of nitrogens with one attached hydrogen (secondary N) is 2. The number of thiophene rings is 1. The van der Waals surface area contributed by atoms with E-state index in [0.29, 0.717) is 26.4 Å². The van der Waals surface area contributed by atoms with Crippen LogP contribution in [0.4, 0.5) is 24.5 Å². The van der Waals surface area contributed by atoms with Crippen LogP contribution in [-0.4, -0.2) is 14.3 Å². The van der Waals surface area contributed by atoms with Gasteiger partial charge in [0.05, 0.1) is 21.0 Å². The highest BCUT2D eigenvalue weighted by molar-refractivity contribution is 7.92. The zero-order valence-corrected chi connectivity index (χ0v) is 19.8. The molecule has 0 saturated carbocycles.